The molecule has 3 aromatic carbocycles. The highest BCUT2D eigenvalue weighted by atomic mass is 19.1. The third-order valence-corrected chi connectivity index (χ3v) is 5.94. The number of amides is 1. The molecule has 1 fully saturated rings. The van der Waals surface area contributed by atoms with Gasteiger partial charge in [0.2, 0.25) is 5.95 Å². The smallest absolute Gasteiger partial charge is 0.255 e. The number of halogens is 1. The zero-order valence-corrected chi connectivity index (χ0v) is 19.2. The predicted molar refractivity (Wildman–Crippen MR) is 134 cm³/mol. The van der Waals surface area contributed by atoms with Crippen LogP contribution in [0.4, 0.5) is 21.8 Å². The first-order chi connectivity index (χ1) is 16.5. The number of anilines is 3. The first kappa shape index (κ1) is 21.8. The lowest BCUT2D eigenvalue weighted by Gasteiger charge is -2.15. The summed E-state index contributed by atoms with van der Waals surface area (Å²) in [4.78, 5) is 23.7. The lowest BCUT2D eigenvalue weighted by molar-refractivity contribution is 0.102. The monoisotopic (exact) mass is 455 g/mol. The minimum absolute atomic E-state index is 0.278. The summed E-state index contributed by atoms with van der Waals surface area (Å²) in [6.45, 7) is 0.579. The summed E-state index contributed by atoms with van der Waals surface area (Å²) in [7, 11) is 3.88. The van der Waals surface area contributed by atoms with E-state index in [9.17, 15) is 9.18 Å². The Bertz CT molecular complexity index is 1330. The molecule has 1 aromatic heterocycles. The molecule has 0 bridgehead atoms. The van der Waals surface area contributed by atoms with E-state index in [1.54, 1.807) is 0 Å². The molecule has 0 aliphatic heterocycles. The molecular formula is C27H26FN5O. The van der Waals surface area contributed by atoms with Crippen molar-refractivity contribution in [3.63, 3.8) is 0 Å². The molecule has 1 saturated carbocycles. The van der Waals surface area contributed by atoms with E-state index in [1.807, 2.05) is 43.3 Å². The number of nitrogens with zero attached hydrogens (tertiary/aromatic N) is 3. The third kappa shape index (κ3) is 4.83. The van der Waals surface area contributed by atoms with Gasteiger partial charge in [0.05, 0.1) is 5.52 Å². The highest BCUT2D eigenvalue weighted by Gasteiger charge is 2.24. The molecule has 0 saturated heterocycles. The minimum atomic E-state index is -0.370. The molecule has 6 nitrogen and oxygen atoms in total. The molecule has 34 heavy (non-hydrogen) atoms. The molecule has 0 atom stereocenters. The second kappa shape index (κ2) is 9.09. The maximum atomic E-state index is 13.1. The van der Waals surface area contributed by atoms with Gasteiger partial charge in [-0.15, -0.1) is 0 Å². The lowest BCUT2D eigenvalue weighted by atomic mass is 10.1. The Balaban J connectivity index is 1.30. The van der Waals surface area contributed by atoms with Crippen molar-refractivity contribution in [3.8, 4) is 0 Å². The number of hydrogen-bond acceptors (Lipinski definition) is 5. The van der Waals surface area contributed by atoms with Crippen LogP contribution in [0.3, 0.4) is 0 Å². The summed E-state index contributed by atoms with van der Waals surface area (Å²) in [5, 5.41) is 7.29. The van der Waals surface area contributed by atoms with E-state index in [4.69, 9.17) is 9.97 Å². The van der Waals surface area contributed by atoms with Crippen LogP contribution in [-0.2, 0) is 6.54 Å². The van der Waals surface area contributed by atoms with E-state index in [0.717, 1.165) is 22.3 Å². The van der Waals surface area contributed by atoms with Crippen molar-refractivity contribution in [3.05, 3.63) is 89.2 Å². The number of nitrogens with one attached hydrogen (secondary N) is 2. The summed E-state index contributed by atoms with van der Waals surface area (Å²) in [5.41, 5.74) is 4.43. The zero-order chi connectivity index (χ0) is 23.7. The molecular weight excluding hydrogens is 429 g/mol. The predicted octanol–water partition coefficient (Wildman–Crippen LogP) is 5.58. The van der Waals surface area contributed by atoms with E-state index in [2.05, 4.69) is 28.8 Å². The van der Waals surface area contributed by atoms with E-state index in [1.165, 1.54) is 42.7 Å². The average Bonchev–Trinajstić information content (AvgIpc) is 3.69. The number of rotatable bonds is 7. The maximum Gasteiger partial charge on any atom is 0.255 e. The fourth-order valence-corrected chi connectivity index (χ4v) is 3.84. The molecule has 5 rings (SSSR count). The number of carbonyl (C=O) groups is 1. The number of hydrogen-bond donors (Lipinski definition) is 2. The van der Waals surface area contributed by atoms with Gasteiger partial charge in [-0.05, 0) is 78.4 Å². The van der Waals surface area contributed by atoms with Gasteiger partial charge in [-0.25, -0.2) is 9.37 Å². The largest absolute Gasteiger partial charge is 0.365 e. The van der Waals surface area contributed by atoms with Gasteiger partial charge in [-0.2, -0.15) is 4.98 Å². The standard InChI is InChI=1S/C27H26FN5O/c1-33(2)27-31-24-15-20(18-5-6-18)9-14-23(24)25(32-27)29-16-17-3-12-22(13-4-17)30-26(34)19-7-10-21(28)11-8-19/h3-4,7-15,18H,5-6,16H2,1-2H3,(H,30,34)(H,29,31,32). The molecule has 4 aromatic rings. The SMILES string of the molecule is CN(C)c1nc(NCc2ccc(NC(=O)c3ccc(F)cc3)cc2)c2ccc(C3CC3)cc2n1. The van der Waals surface area contributed by atoms with Crippen LogP contribution in [0.1, 0.15) is 40.2 Å². The summed E-state index contributed by atoms with van der Waals surface area (Å²) in [5.74, 6) is 1.48. The van der Waals surface area contributed by atoms with Crippen LogP contribution in [-0.4, -0.2) is 30.0 Å². The van der Waals surface area contributed by atoms with Crippen molar-refractivity contribution in [1.82, 2.24) is 9.97 Å². The first-order valence-corrected chi connectivity index (χ1v) is 11.3. The van der Waals surface area contributed by atoms with Crippen molar-refractivity contribution in [1.29, 1.82) is 0 Å². The third-order valence-electron chi connectivity index (χ3n) is 5.94. The van der Waals surface area contributed by atoms with E-state index in [0.29, 0.717) is 29.7 Å². The van der Waals surface area contributed by atoms with Crippen LogP contribution >= 0.6 is 0 Å². The Labute approximate surface area is 197 Å². The van der Waals surface area contributed by atoms with Crippen LogP contribution in [0.5, 0.6) is 0 Å². The van der Waals surface area contributed by atoms with Crippen molar-refractivity contribution in [2.45, 2.75) is 25.3 Å². The Morgan fingerprint density at radius 2 is 1.74 bits per heavy atom. The second-order valence-electron chi connectivity index (χ2n) is 8.83. The molecule has 0 spiro atoms. The second-order valence-corrected chi connectivity index (χ2v) is 8.83. The fraction of sp³-hybridized carbons (Fsp3) is 0.222. The quantitative estimate of drug-likeness (QED) is 0.381. The van der Waals surface area contributed by atoms with Crippen molar-refractivity contribution >= 4 is 34.3 Å². The molecule has 7 heteroatoms. The van der Waals surface area contributed by atoms with Crippen LogP contribution < -0.4 is 15.5 Å². The fourth-order valence-electron chi connectivity index (χ4n) is 3.84. The summed E-state index contributed by atoms with van der Waals surface area (Å²) in [6, 6.07) is 19.6. The van der Waals surface area contributed by atoms with Gasteiger partial charge in [0.25, 0.3) is 5.91 Å². The molecule has 1 heterocycles. The molecule has 1 amide bonds. The van der Waals surface area contributed by atoms with Crippen molar-refractivity contribution in [2.75, 3.05) is 29.6 Å². The highest BCUT2D eigenvalue weighted by molar-refractivity contribution is 6.04. The normalized spacial score (nSPS) is 13.0. The van der Waals surface area contributed by atoms with E-state index < -0.39 is 0 Å². The van der Waals surface area contributed by atoms with Gasteiger partial charge in [0.1, 0.15) is 11.6 Å². The maximum absolute atomic E-state index is 13.1. The van der Waals surface area contributed by atoms with Gasteiger partial charge < -0.3 is 15.5 Å². The zero-order valence-electron chi connectivity index (χ0n) is 19.2. The van der Waals surface area contributed by atoms with Crippen LogP contribution in [0.15, 0.2) is 66.7 Å². The lowest BCUT2D eigenvalue weighted by Crippen LogP contribution is -2.14. The number of fused-ring (bicyclic) bond motifs is 1. The van der Waals surface area contributed by atoms with Gasteiger partial charge in [0, 0.05) is 37.3 Å². The number of aromatic nitrogens is 2. The van der Waals surface area contributed by atoms with E-state index >= 15 is 0 Å². The molecule has 2 N–H and O–H groups in total. The minimum Gasteiger partial charge on any atom is -0.365 e. The number of benzene rings is 3. The Morgan fingerprint density at radius 1 is 1.00 bits per heavy atom. The van der Waals surface area contributed by atoms with E-state index in [-0.39, 0.29) is 11.7 Å². The Kier molecular flexibility index (Phi) is 5.84. The molecule has 1 aliphatic rings. The molecule has 0 radical (unpaired) electrons. The van der Waals surface area contributed by atoms with Gasteiger partial charge in [-0.1, -0.05) is 18.2 Å². The van der Waals surface area contributed by atoms with Gasteiger partial charge in [0.15, 0.2) is 0 Å². The first-order valence-electron chi connectivity index (χ1n) is 11.3. The Morgan fingerprint density at radius 3 is 2.41 bits per heavy atom. The van der Waals surface area contributed by atoms with Crippen molar-refractivity contribution in [2.24, 2.45) is 0 Å². The van der Waals surface area contributed by atoms with Crippen LogP contribution in [0, 0.1) is 5.82 Å². The topological polar surface area (TPSA) is 70.2 Å². The molecule has 1 aliphatic carbocycles. The highest BCUT2D eigenvalue weighted by Crippen LogP contribution is 2.41. The summed E-state index contributed by atoms with van der Waals surface area (Å²) >= 11 is 0. The molecule has 172 valence electrons. The average molecular weight is 456 g/mol. The van der Waals surface area contributed by atoms with Gasteiger partial charge >= 0.3 is 0 Å². The Hall–Kier alpha value is -4.00. The van der Waals surface area contributed by atoms with Crippen molar-refractivity contribution < 1.29 is 9.18 Å². The molecule has 0 unspecified atom stereocenters. The van der Waals surface area contributed by atoms with Gasteiger partial charge in [-0.3, -0.25) is 4.79 Å². The summed E-state index contributed by atoms with van der Waals surface area (Å²) in [6.07, 6.45) is 2.51. The van der Waals surface area contributed by atoms with Crippen LogP contribution in [0.25, 0.3) is 10.9 Å². The van der Waals surface area contributed by atoms with Crippen LogP contribution in [0.2, 0.25) is 0 Å². The summed E-state index contributed by atoms with van der Waals surface area (Å²) < 4.78 is 13.1. The number of carbonyl (C=O) groups excluding carboxylic acids is 1.